The molecule has 2 rings (SSSR count). The maximum Gasteiger partial charge on any atom is 0.356 e. The Labute approximate surface area is 126 Å². The van der Waals surface area contributed by atoms with E-state index in [9.17, 15) is 14.4 Å². The first-order valence-corrected chi connectivity index (χ1v) is 7.66. The third kappa shape index (κ3) is 3.84. The van der Waals surface area contributed by atoms with E-state index in [1.54, 1.807) is 6.92 Å². The average molecular weight is 311 g/mol. The lowest BCUT2D eigenvalue weighted by molar-refractivity contribution is -0.117. The van der Waals surface area contributed by atoms with Crippen LogP contribution in [-0.4, -0.2) is 46.1 Å². The van der Waals surface area contributed by atoms with E-state index in [4.69, 9.17) is 4.74 Å². The van der Waals surface area contributed by atoms with Gasteiger partial charge in [-0.25, -0.2) is 4.79 Å². The van der Waals surface area contributed by atoms with E-state index < -0.39 is 5.97 Å². The van der Waals surface area contributed by atoms with Crippen LogP contribution >= 0.6 is 11.8 Å². The Balaban J connectivity index is 2.00. The molecule has 0 aliphatic carbocycles. The summed E-state index contributed by atoms with van der Waals surface area (Å²) in [6.07, 6.45) is 0.391. The van der Waals surface area contributed by atoms with Crippen LogP contribution in [0.5, 0.6) is 0 Å². The van der Waals surface area contributed by atoms with Crippen LogP contribution in [0.4, 0.5) is 5.82 Å². The molecule has 7 nitrogen and oxygen atoms in total. The van der Waals surface area contributed by atoms with E-state index in [-0.39, 0.29) is 29.2 Å². The summed E-state index contributed by atoms with van der Waals surface area (Å²) >= 11 is 1.22. The van der Waals surface area contributed by atoms with Gasteiger partial charge in [0.1, 0.15) is 5.69 Å². The number of thioether (sulfide) groups is 1. The third-order valence-corrected chi connectivity index (χ3v) is 4.11. The van der Waals surface area contributed by atoms with Crippen LogP contribution in [0.15, 0.2) is 6.07 Å². The van der Waals surface area contributed by atoms with Gasteiger partial charge in [-0.2, -0.15) is 5.10 Å². The lowest BCUT2D eigenvalue weighted by Gasteiger charge is -2.12. The second-order valence-electron chi connectivity index (χ2n) is 4.74. The van der Waals surface area contributed by atoms with E-state index in [0.29, 0.717) is 24.5 Å². The Bertz CT molecular complexity index is 557. The summed E-state index contributed by atoms with van der Waals surface area (Å²) < 4.78 is 4.86. The summed E-state index contributed by atoms with van der Waals surface area (Å²) in [5, 5.41) is 6.61. The van der Waals surface area contributed by atoms with Gasteiger partial charge in [0, 0.05) is 31.7 Å². The monoisotopic (exact) mass is 311 g/mol. The van der Waals surface area contributed by atoms with Crippen LogP contribution in [0.1, 0.15) is 30.8 Å². The quantitative estimate of drug-likeness (QED) is 0.822. The van der Waals surface area contributed by atoms with E-state index in [2.05, 4.69) is 10.2 Å². The number of nitrogens with one attached hydrogen (secondary N) is 1. The van der Waals surface area contributed by atoms with Crippen molar-refractivity contribution >= 4 is 34.6 Å². The number of aromatic amines is 1. The molecule has 8 heteroatoms. The first kappa shape index (κ1) is 15.6. The molecule has 1 saturated heterocycles. The van der Waals surface area contributed by atoms with Gasteiger partial charge in [-0.15, -0.1) is 0 Å². The molecule has 0 radical (unpaired) electrons. The molecule has 21 heavy (non-hydrogen) atoms. The lowest BCUT2D eigenvalue weighted by atomic mass is 10.1. The normalized spacial score (nSPS) is 18.1. The molecule has 114 valence electrons. The Kier molecular flexibility index (Phi) is 5.00. The molecule has 0 saturated carbocycles. The van der Waals surface area contributed by atoms with Crippen molar-refractivity contribution in [1.29, 1.82) is 0 Å². The van der Waals surface area contributed by atoms with Crippen molar-refractivity contribution in [3.63, 3.8) is 0 Å². The number of ether oxygens (including phenoxy) is 1. The second-order valence-corrected chi connectivity index (χ2v) is 5.93. The van der Waals surface area contributed by atoms with Crippen LogP contribution in [0.3, 0.4) is 0 Å². The highest BCUT2D eigenvalue weighted by atomic mass is 32.2. The molecule has 1 fully saturated rings. The Hall–Kier alpha value is -1.83. The fourth-order valence-electron chi connectivity index (χ4n) is 2.11. The van der Waals surface area contributed by atoms with Crippen LogP contribution in [0, 0.1) is 5.92 Å². The first-order valence-electron chi connectivity index (χ1n) is 6.67. The first-order chi connectivity index (χ1) is 10.0. The molecule has 0 bridgehead atoms. The standard InChI is InChI=1S/C13H17N3O4S/c1-3-20-13(19)10-5-11(15-14-10)16-6-9(4-12(16)18)7-21-8(2)17/h5,9H,3-4,6-7H2,1-2H3,(H,14,15). The molecule has 2 heterocycles. The molecule has 0 spiro atoms. The van der Waals surface area contributed by atoms with Crippen LogP contribution in [0.25, 0.3) is 0 Å². The van der Waals surface area contributed by atoms with Crippen LogP contribution in [0.2, 0.25) is 0 Å². The minimum absolute atomic E-state index is 0.0465. The van der Waals surface area contributed by atoms with E-state index >= 15 is 0 Å². The highest BCUT2D eigenvalue weighted by Gasteiger charge is 2.32. The largest absolute Gasteiger partial charge is 0.461 e. The number of carbonyl (C=O) groups excluding carboxylic acids is 3. The van der Waals surface area contributed by atoms with Crippen LogP contribution < -0.4 is 4.90 Å². The van der Waals surface area contributed by atoms with Gasteiger partial charge >= 0.3 is 5.97 Å². The van der Waals surface area contributed by atoms with Gasteiger partial charge in [0.05, 0.1) is 6.61 Å². The SMILES string of the molecule is CCOC(=O)c1cc(N2CC(CSC(C)=O)CC2=O)n[nH]1. The predicted molar refractivity (Wildman–Crippen MR) is 78.1 cm³/mol. The molecule has 1 N–H and O–H groups in total. The zero-order valence-corrected chi connectivity index (χ0v) is 12.7. The summed E-state index contributed by atoms with van der Waals surface area (Å²) in [6, 6.07) is 1.51. The molecule has 1 atom stereocenters. The number of carbonyl (C=O) groups is 3. The average Bonchev–Trinajstić information content (AvgIpc) is 3.03. The number of hydrogen-bond acceptors (Lipinski definition) is 6. The number of esters is 1. The van der Waals surface area contributed by atoms with Crippen LogP contribution in [-0.2, 0) is 14.3 Å². The van der Waals surface area contributed by atoms with Gasteiger partial charge in [-0.1, -0.05) is 11.8 Å². The number of amides is 1. The van der Waals surface area contributed by atoms with Crippen molar-refractivity contribution in [2.75, 3.05) is 23.8 Å². The minimum atomic E-state index is -0.494. The fraction of sp³-hybridized carbons (Fsp3) is 0.538. The van der Waals surface area contributed by atoms with Gasteiger partial charge < -0.3 is 4.74 Å². The molecule has 1 amide bonds. The molecule has 0 aromatic carbocycles. The topological polar surface area (TPSA) is 92.4 Å². The van der Waals surface area contributed by atoms with Gasteiger partial charge in [0.15, 0.2) is 10.9 Å². The zero-order valence-electron chi connectivity index (χ0n) is 11.9. The van der Waals surface area contributed by atoms with Crippen molar-refractivity contribution < 1.29 is 19.1 Å². The number of hydrogen-bond donors (Lipinski definition) is 1. The van der Waals surface area contributed by atoms with Crippen molar-refractivity contribution in [2.45, 2.75) is 20.3 Å². The highest BCUT2D eigenvalue weighted by molar-refractivity contribution is 8.13. The second kappa shape index (κ2) is 6.75. The Morgan fingerprint density at radius 3 is 3.00 bits per heavy atom. The van der Waals surface area contributed by atoms with Crippen molar-refractivity contribution in [3.8, 4) is 0 Å². The fourth-order valence-corrected chi connectivity index (χ4v) is 2.81. The Morgan fingerprint density at radius 2 is 2.33 bits per heavy atom. The molecular formula is C13H17N3O4S. The zero-order chi connectivity index (χ0) is 15.4. The minimum Gasteiger partial charge on any atom is -0.461 e. The van der Waals surface area contributed by atoms with Gasteiger partial charge in [-0.05, 0) is 12.8 Å². The van der Waals surface area contributed by atoms with E-state index in [1.165, 1.54) is 29.7 Å². The van der Waals surface area contributed by atoms with Gasteiger partial charge in [0.2, 0.25) is 5.91 Å². The molecule has 1 aliphatic rings. The smallest absolute Gasteiger partial charge is 0.356 e. The molecule has 1 aromatic heterocycles. The maximum absolute atomic E-state index is 12.0. The van der Waals surface area contributed by atoms with Gasteiger partial charge in [-0.3, -0.25) is 19.6 Å². The Morgan fingerprint density at radius 1 is 1.57 bits per heavy atom. The summed E-state index contributed by atoms with van der Waals surface area (Å²) in [5.41, 5.74) is 0.223. The summed E-state index contributed by atoms with van der Waals surface area (Å²) in [7, 11) is 0. The number of anilines is 1. The van der Waals surface area contributed by atoms with E-state index in [0.717, 1.165) is 0 Å². The number of aromatic nitrogens is 2. The molecule has 1 aromatic rings. The van der Waals surface area contributed by atoms with Crippen molar-refractivity contribution in [1.82, 2.24) is 10.2 Å². The number of nitrogens with zero attached hydrogens (tertiary/aromatic N) is 2. The van der Waals surface area contributed by atoms with Crippen molar-refractivity contribution in [3.05, 3.63) is 11.8 Å². The molecule has 1 aliphatic heterocycles. The highest BCUT2D eigenvalue weighted by Crippen LogP contribution is 2.26. The van der Waals surface area contributed by atoms with Gasteiger partial charge in [0.25, 0.3) is 0 Å². The summed E-state index contributed by atoms with van der Waals surface area (Å²) in [6.45, 7) is 4.02. The third-order valence-electron chi connectivity index (χ3n) is 3.06. The predicted octanol–water partition coefficient (Wildman–Crippen LogP) is 1.22. The summed E-state index contributed by atoms with van der Waals surface area (Å²) in [4.78, 5) is 36.1. The molecular weight excluding hydrogens is 294 g/mol. The molecule has 1 unspecified atom stereocenters. The number of H-pyrrole nitrogens is 1. The number of rotatable bonds is 5. The maximum atomic E-state index is 12.0. The van der Waals surface area contributed by atoms with E-state index in [1.807, 2.05) is 0 Å². The van der Waals surface area contributed by atoms with Crippen molar-refractivity contribution in [2.24, 2.45) is 5.92 Å². The summed E-state index contributed by atoms with van der Waals surface area (Å²) in [5.74, 6) is 0.609. The lowest BCUT2D eigenvalue weighted by Crippen LogP contribution is -2.25.